The van der Waals surface area contributed by atoms with E-state index in [1.807, 2.05) is 24.4 Å². The van der Waals surface area contributed by atoms with Gasteiger partial charge in [0.2, 0.25) is 0 Å². The van der Waals surface area contributed by atoms with Crippen LogP contribution in [0.15, 0.2) is 48.7 Å². The number of carboxylic acid groups (broad SMARTS) is 1. The highest BCUT2D eigenvalue weighted by Gasteiger charge is 2.54. The number of rotatable bonds is 11. The van der Waals surface area contributed by atoms with E-state index in [4.69, 9.17) is 25.8 Å². The quantitative estimate of drug-likeness (QED) is 0.196. The zero-order valence-electron chi connectivity index (χ0n) is 32.7. The van der Waals surface area contributed by atoms with Crippen molar-refractivity contribution in [3.05, 3.63) is 76.1 Å². The van der Waals surface area contributed by atoms with Crippen LogP contribution in [0.4, 0.5) is 18.9 Å². The fraction of sp³-hybridized carbons (Fsp3) is 0.591. The first-order valence-electron chi connectivity index (χ1n) is 20.6. The first-order valence-corrected chi connectivity index (χ1v) is 21.0. The van der Waals surface area contributed by atoms with Crippen LogP contribution >= 0.6 is 11.6 Å². The minimum absolute atomic E-state index is 0.233. The Labute approximate surface area is 337 Å². The molecule has 3 aromatic rings. The van der Waals surface area contributed by atoms with Crippen LogP contribution in [0.5, 0.6) is 17.2 Å². The largest absolute Gasteiger partial charge is 0.522 e. The van der Waals surface area contributed by atoms with Gasteiger partial charge < -0.3 is 24.6 Å². The average molecular weight is 812 g/mol. The molecule has 0 bridgehead atoms. The molecule has 2 fully saturated rings. The molecule has 1 saturated carbocycles. The van der Waals surface area contributed by atoms with Gasteiger partial charge in [0.05, 0.1) is 12.7 Å². The first-order chi connectivity index (χ1) is 27.3. The van der Waals surface area contributed by atoms with Crippen molar-refractivity contribution in [2.24, 2.45) is 11.8 Å². The van der Waals surface area contributed by atoms with Crippen LogP contribution in [0.3, 0.4) is 0 Å². The Kier molecular flexibility index (Phi) is 11.3. The van der Waals surface area contributed by atoms with Crippen molar-refractivity contribution in [2.75, 3.05) is 38.2 Å². The van der Waals surface area contributed by atoms with Crippen LogP contribution in [-0.2, 0) is 27.8 Å². The van der Waals surface area contributed by atoms with Gasteiger partial charge in [-0.1, -0.05) is 31.5 Å². The van der Waals surface area contributed by atoms with Crippen molar-refractivity contribution in [3.8, 4) is 17.2 Å². The molecule has 5 aliphatic rings. The number of hydrogen-bond acceptors (Lipinski definition) is 8. The summed E-state index contributed by atoms with van der Waals surface area (Å²) in [4.78, 5) is 19.9. The first kappa shape index (κ1) is 40.1. The Morgan fingerprint density at radius 1 is 1.11 bits per heavy atom. The van der Waals surface area contributed by atoms with E-state index in [0.29, 0.717) is 99.5 Å². The van der Waals surface area contributed by atoms with E-state index in [1.54, 1.807) is 12.1 Å². The Bertz CT molecular complexity index is 1930. The molecule has 1 spiro atoms. The maximum absolute atomic E-state index is 13.1. The molecule has 4 atom stereocenters. The maximum atomic E-state index is 13.1. The van der Waals surface area contributed by atoms with Crippen molar-refractivity contribution in [3.63, 3.8) is 0 Å². The van der Waals surface area contributed by atoms with Gasteiger partial charge in [0, 0.05) is 47.8 Å². The molecule has 0 amide bonds. The van der Waals surface area contributed by atoms with Gasteiger partial charge in [0.15, 0.2) is 11.5 Å². The second-order valence-electron chi connectivity index (χ2n) is 17.3. The average Bonchev–Trinajstić information content (AvgIpc) is 3.44. The van der Waals surface area contributed by atoms with E-state index in [1.165, 1.54) is 16.7 Å². The lowest BCUT2D eigenvalue weighted by molar-refractivity contribution is -0.345. The molecular formula is C44H53ClF3N3O6. The number of hydrogen-bond donors (Lipinski definition) is 2. The summed E-state index contributed by atoms with van der Waals surface area (Å²) in [6.45, 7) is 6.94. The minimum atomic E-state index is -4.63. The summed E-state index contributed by atoms with van der Waals surface area (Å²) in [7, 11) is 0. The van der Waals surface area contributed by atoms with Crippen LogP contribution in [0.1, 0.15) is 99.9 Å². The Hall–Kier alpha value is -3.74. The lowest BCUT2D eigenvalue weighted by atomic mass is 9.59. The van der Waals surface area contributed by atoms with Gasteiger partial charge in [0.1, 0.15) is 24.0 Å². The molecule has 57 heavy (non-hydrogen) atoms. The third kappa shape index (κ3) is 8.55. The van der Waals surface area contributed by atoms with Crippen molar-refractivity contribution in [1.82, 2.24) is 9.88 Å². The smallest absolute Gasteiger partial charge is 0.493 e. The molecule has 13 heteroatoms. The summed E-state index contributed by atoms with van der Waals surface area (Å²) in [6.07, 6.45) is 3.95. The van der Waals surface area contributed by atoms with Gasteiger partial charge in [-0.25, -0.2) is 4.79 Å². The van der Waals surface area contributed by atoms with Gasteiger partial charge in [-0.05, 0) is 141 Å². The number of anilines is 1. The van der Waals surface area contributed by atoms with Crippen LogP contribution < -0.4 is 19.5 Å². The van der Waals surface area contributed by atoms with Crippen LogP contribution in [0.2, 0.25) is 5.02 Å². The van der Waals surface area contributed by atoms with Crippen LogP contribution in [0, 0.1) is 11.8 Å². The number of ether oxygens (including phenoxy) is 4. The van der Waals surface area contributed by atoms with Gasteiger partial charge in [-0.15, -0.1) is 13.2 Å². The van der Waals surface area contributed by atoms with E-state index in [9.17, 15) is 23.1 Å². The fourth-order valence-corrected chi connectivity index (χ4v) is 10.7. The molecule has 2 aromatic carbocycles. The normalized spacial score (nSPS) is 28.1. The van der Waals surface area contributed by atoms with Crippen molar-refractivity contribution in [1.29, 1.82) is 0 Å². The number of nitrogens with one attached hydrogen (secondary N) is 1. The summed E-state index contributed by atoms with van der Waals surface area (Å²) in [5, 5.41) is 14.6. The molecule has 1 aromatic heterocycles. The predicted molar refractivity (Wildman–Crippen MR) is 211 cm³/mol. The Balaban J connectivity index is 1.01. The van der Waals surface area contributed by atoms with Crippen LogP contribution in [0.25, 0.3) is 0 Å². The third-order valence-corrected chi connectivity index (χ3v) is 13.6. The van der Waals surface area contributed by atoms with Crippen molar-refractivity contribution in [2.45, 2.75) is 120 Å². The fourth-order valence-electron chi connectivity index (χ4n) is 10.5. The molecule has 8 rings (SSSR count). The van der Waals surface area contributed by atoms with E-state index >= 15 is 0 Å². The molecule has 2 N–H and O–H groups in total. The summed E-state index contributed by atoms with van der Waals surface area (Å²) >= 11 is 6.30. The second kappa shape index (κ2) is 16.1. The zero-order valence-corrected chi connectivity index (χ0v) is 33.5. The minimum Gasteiger partial charge on any atom is -0.493 e. The SMILES string of the molecule is C[C@@H](COc1ccnc2c1[C@H](C)CCC2)C[C@H]1Cc2cc3c(cc2C12CCC(Nc1cccc(Cl)c1)(C(=O)O)CC2)O[C@@H](CN1CCC(OC(F)(F)F)CC1)CO3. The van der Waals surface area contributed by atoms with Crippen LogP contribution in [-0.4, -0.2) is 77.9 Å². The number of alkyl halides is 3. The highest BCUT2D eigenvalue weighted by atomic mass is 35.5. The number of aliphatic carboxylic acids is 1. The predicted octanol–water partition coefficient (Wildman–Crippen LogP) is 9.34. The van der Waals surface area contributed by atoms with E-state index in [0.717, 1.165) is 43.5 Å². The molecule has 1 saturated heterocycles. The van der Waals surface area contributed by atoms with Gasteiger partial charge in [-0.3, -0.25) is 14.6 Å². The molecule has 3 aliphatic carbocycles. The van der Waals surface area contributed by atoms with Gasteiger partial charge in [-0.2, -0.15) is 0 Å². The number of benzene rings is 2. The highest BCUT2D eigenvalue weighted by Crippen LogP contribution is 2.58. The zero-order chi connectivity index (χ0) is 40.0. The molecule has 2 aliphatic heterocycles. The Morgan fingerprint density at radius 2 is 1.89 bits per heavy atom. The topological polar surface area (TPSA) is 102 Å². The summed E-state index contributed by atoms with van der Waals surface area (Å²) in [6, 6.07) is 13.5. The standard InChI is InChI=1S/C44H53ClF3N3O6/c1-27(25-54-37-9-16-49-36-8-3-5-28(2)40(36)37)19-30-20-29-21-38-39(56-34(26-55-38)24-51-17-10-33(11-18-51)57-44(46,47)48)23-35(29)42(30)12-14-43(15-13-42,41(52)53)50-32-7-4-6-31(45)22-32/h4,6-7,9,16,21-23,27-28,30,33-34,50H,3,5,8,10-15,17-20,24-26H2,1-2H3,(H,52,53)/t27-,28-,30+,34+,42?,43?/m1/s1. The number of likely N-dealkylation sites (tertiary alicyclic amines) is 1. The molecular weight excluding hydrogens is 759 g/mol. The monoisotopic (exact) mass is 811 g/mol. The summed E-state index contributed by atoms with van der Waals surface area (Å²) in [5.41, 5.74) is 4.06. The third-order valence-electron chi connectivity index (χ3n) is 13.4. The van der Waals surface area contributed by atoms with E-state index < -0.39 is 24.0 Å². The molecule has 9 nitrogen and oxygen atoms in total. The molecule has 0 radical (unpaired) electrons. The molecule has 308 valence electrons. The van der Waals surface area contributed by atoms with Crippen molar-refractivity contribution >= 4 is 23.3 Å². The van der Waals surface area contributed by atoms with E-state index in [-0.39, 0.29) is 23.4 Å². The second-order valence-corrected chi connectivity index (χ2v) is 17.7. The maximum Gasteiger partial charge on any atom is 0.522 e. The van der Waals surface area contributed by atoms with Gasteiger partial charge >= 0.3 is 12.3 Å². The summed E-state index contributed by atoms with van der Waals surface area (Å²) in [5.74, 6) is 2.33. The van der Waals surface area contributed by atoms with Crippen molar-refractivity contribution < 1.29 is 42.0 Å². The molecule has 3 heterocycles. The number of aromatic nitrogens is 1. The van der Waals surface area contributed by atoms with Gasteiger partial charge in [0.25, 0.3) is 0 Å². The number of fused-ring (bicyclic) bond motifs is 4. The number of carboxylic acids is 1. The highest BCUT2D eigenvalue weighted by molar-refractivity contribution is 6.30. The lowest BCUT2D eigenvalue weighted by Crippen LogP contribution is -2.53. The summed E-state index contributed by atoms with van der Waals surface area (Å²) < 4.78 is 62.1. The Morgan fingerprint density at radius 3 is 2.63 bits per heavy atom. The number of pyridine rings is 1. The number of halogens is 4. The number of nitrogens with zero attached hydrogens (tertiary/aromatic N) is 2. The number of piperidine rings is 1. The molecule has 0 unspecified atom stereocenters. The number of aryl methyl sites for hydroxylation is 1. The lowest BCUT2D eigenvalue weighted by Gasteiger charge is -2.47. The van der Waals surface area contributed by atoms with E-state index in [2.05, 4.69) is 45.9 Å². The number of carbonyl (C=O) groups is 1.